The van der Waals surface area contributed by atoms with Gasteiger partial charge in [-0.15, -0.1) is 0 Å². The molecule has 0 aromatic heterocycles. The molecule has 186 valence electrons. The van der Waals surface area contributed by atoms with Gasteiger partial charge in [-0.2, -0.15) is 12.6 Å². The molecular formula is C21H29N5O7S. The first-order valence-electron chi connectivity index (χ1n) is 10.6. The Labute approximate surface area is 201 Å². The summed E-state index contributed by atoms with van der Waals surface area (Å²) in [6.07, 6.45) is 0.426. The fourth-order valence-corrected chi connectivity index (χ4v) is 3.86. The molecule has 8 N–H and O–H groups in total. The number of primary amides is 1. The molecule has 0 aliphatic carbocycles. The molecule has 0 radical (unpaired) electrons. The second-order valence-electron chi connectivity index (χ2n) is 7.98. The second-order valence-corrected chi connectivity index (χ2v) is 8.35. The number of phenols is 1. The smallest absolute Gasteiger partial charge is 0.327 e. The summed E-state index contributed by atoms with van der Waals surface area (Å²) in [5.41, 5.74) is 11.4. The lowest BCUT2D eigenvalue weighted by atomic mass is 10.0. The summed E-state index contributed by atoms with van der Waals surface area (Å²) in [5.74, 6) is -4.10. The predicted molar refractivity (Wildman–Crippen MR) is 124 cm³/mol. The molecule has 4 amide bonds. The molecule has 0 saturated carbocycles. The zero-order chi connectivity index (χ0) is 25.4. The summed E-state index contributed by atoms with van der Waals surface area (Å²) in [7, 11) is 0. The third kappa shape index (κ3) is 7.35. The lowest BCUT2D eigenvalue weighted by molar-refractivity contribution is -0.144. The van der Waals surface area contributed by atoms with Crippen LogP contribution in [0.3, 0.4) is 0 Å². The fraction of sp³-hybridized carbons (Fsp3) is 0.476. The van der Waals surface area contributed by atoms with E-state index >= 15 is 0 Å². The maximum atomic E-state index is 13.4. The number of carbonyl (C=O) groups excluding carboxylic acids is 4. The molecule has 1 aliphatic rings. The van der Waals surface area contributed by atoms with E-state index in [4.69, 9.17) is 11.5 Å². The number of nitrogens with zero attached hydrogens (tertiary/aromatic N) is 1. The van der Waals surface area contributed by atoms with Crippen molar-refractivity contribution in [1.82, 2.24) is 15.5 Å². The van der Waals surface area contributed by atoms with Crippen LogP contribution in [-0.4, -0.2) is 81.2 Å². The molecule has 0 bridgehead atoms. The molecule has 12 nitrogen and oxygen atoms in total. The number of carboxylic acids is 1. The van der Waals surface area contributed by atoms with E-state index < -0.39 is 60.2 Å². The number of nitrogens with two attached hydrogens (primary N) is 2. The topological polar surface area (TPSA) is 205 Å². The summed E-state index contributed by atoms with van der Waals surface area (Å²) >= 11 is 3.92. The summed E-state index contributed by atoms with van der Waals surface area (Å²) < 4.78 is 0. The molecule has 1 heterocycles. The van der Waals surface area contributed by atoms with E-state index in [1.54, 1.807) is 12.1 Å². The lowest BCUT2D eigenvalue weighted by Crippen LogP contribution is -2.57. The van der Waals surface area contributed by atoms with Gasteiger partial charge in [-0.3, -0.25) is 19.2 Å². The molecule has 4 unspecified atom stereocenters. The van der Waals surface area contributed by atoms with Crippen LogP contribution < -0.4 is 22.1 Å². The summed E-state index contributed by atoms with van der Waals surface area (Å²) in [5, 5.41) is 23.6. The van der Waals surface area contributed by atoms with E-state index in [1.165, 1.54) is 17.0 Å². The number of amides is 4. The van der Waals surface area contributed by atoms with Crippen LogP contribution in [0, 0.1) is 0 Å². The van der Waals surface area contributed by atoms with Gasteiger partial charge in [0.05, 0.1) is 12.5 Å². The van der Waals surface area contributed by atoms with Crippen molar-refractivity contribution in [2.45, 2.75) is 49.9 Å². The highest BCUT2D eigenvalue weighted by atomic mass is 32.1. The van der Waals surface area contributed by atoms with Crippen molar-refractivity contribution in [3.05, 3.63) is 29.8 Å². The number of carboxylic acid groups (broad SMARTS) is 1. The van der Waals surface area contributed by atoms with Crippen molar-refractivity contribution in [2.24, 2.45) is 11.5 Å². The van der Waals surface area contributed by atoms with Gasteiger partial charge in [-0.1, -0.05) is 12.1 Å². The van der Waals surface area contributed by atoms with E-state index in [0.717, 1.165) is 0 Å². The van der Waals surface area contributed by atoms with E-state index in [1.807, 2.05) is 0 Å². The Kier molecular flexibility index (Phi) is 9.69. The minimum atomic E-state index is -1.27. The molecular weight excluding hydrogens is 466 g/mol. The van der Waals surface area contributed by atoms with Crippen LogP contribution in [0.5, 0.6) is 5.75 Å². The van der Waals surface area contributed by atoms with Gasteiger partial charge in [-0.05, 0) is 30.5 Å². The number of thiol groups is 1. The fourth-order valence-electron chi connectivity index (χ4n) is 3.61. The highest BCUT2D eigenvalue weighted by Gasteiger charge is 2.39. The first-order valence-corrected chi connectivity index (χ1v) is 11.2. The Balaban J connectivity index is 2.23. The summed E-state index contributed by atoms with van der Waals surface area (Å²) in [6.45, 7) is 0.227. The first kappa shape index (κ1) is 26.9. The van der Waals surface area contributed by atoms with Crippen LogP contribution in [0.15, 0.2) is 24.3 Å². The molecule has 1 fully saturated rings. The van der Waals surface area contributed by atoms with Crippen LogP contribution in [0.4, 0.5) is 0 Å². The molecule has 0 spiro atoms. The predicted octanol–water partition coefficient (Wildman–Crippen LogP) is -1.89. The van der Waals surface area contributed by atoms with Gasteiger partial charge in [-0.25, -0.2) is 4.79 Å². The third-order valence-electron chi connectivity index (χ3n) is 5.38. The van der Waals surface area contributed by atoms with Crippen LogP contribution in [0.25, 0.3) is 0 Å². The number of phenolic OH excluding ortho intramolecular Hbond substituents is 1. The van der Waals surface area contributed by atoms with Gasteiger partial charge < -0.3 is 37.2 Å². The molecule has 4 atom stereocenters. The Morgan fingerprint density at radius 1 is 1.12 bits per heavy atom. The molecule has 1 aromatic rings. The van der Waals surface area contributed by atoms with Crippen molar-refractivity contribution >= 4 is 42.2 Å². The Bertz CT molecular complexity index is 927. The zero-order valence-electron chi connectivity index (χ0n) is 18.3. The van der Waals surface area contributed by atoms with Gasteiger partial charge in [0, 0.05) is 18.7 Å². The SMILES string of the molecule is NC(=O)CC(N)C(=O)NC(Cc1ccc(O)cc1)C(=O)N1CCCC1C(=O)NC(CS)C(=O)O. The number of benzene rings is 1. The van der Waals surface area contributed by atoms with E-state index in [0.29, 0.717) is 18.4 Å². The number of nitrogens with one attached hydrogen (secondary N) is 2. The van der Waals surface area contributed by atoms with Gasteiger partial charge in [0.15, 0.2) is 0 Å². The van der Waals surface area contributed by atoms with E-state index in [-0.39, 0.29) is 24.5 Å². The number of aliphatic carboxylic acids is 1. The number of hydrogen-bond donors (Lipinski definition) is 7. The van der Waals surface area contributed by atoms with Crippen molar-refractivity contribution in [3.63, 3.8) is 0 Å². The standard InChI is InChI=1S/C21H29N5O7S/c22-13(9-17(23)28)18(29)24-14(8-11-3-5-12(27)6-4-11)20(31)26-7-1-2-16(26)19(30)25-15(10-34)21(32)33/h3-6,13-16,27,34H,1-2,7-10,22H2,(H2,23,28)(H,24,29)(H,25,30)(H,32,33). The third-order valence-corrected chi connectivity index (χ3v) is 5.75. The van der Waals surface area contributed by atoms with Gasteiger partial charge in [0.2, 0.25) is 23.6 Å². The highest BCUT2D eigenvalue weighted by molar-refractivity contribution is 7.80. The number of aromatic hydroxyl groups is 1. The Morgan fingerprint density at radius 3 is 2.32 bits per heavy atom. The monoisotopic (exact) mass is 495 g/mol. The van der Waals surface area contributed by atoms with Gasteiger partial charge >= 0.3 is 5.97 Å². The van der Waals surface area contributed by atoms with Gasteiger partial charge in [0.1, 0.15) is 23.9 Å². The van der Waals surface area contributed by atoms with Crippen LogP contribution in [0.2, 0.25) is 0 Å². The summed E-state index contributed by atoms with van der Waals surface area (Å²) in [6, 6.07) is 1.45. The van der Waals surface area contributed by atoms with Crippen LogP contribution in [0.1, 0.15) is 24.8 Å². The maximum absolute atomic E-state index is 13.4. The first-order chi connectivity index (χ1) is 16.0. The summed E-state index contributed by atoms with van der Waals surface area (Å²) in [4.78, 5) is 62.3. The minimum Gasteiger partial charge on any atom is -0.508 e. The molecule has 1 aromatic carbocycles. The van der Waals surface area contributed by atoms with E-state index in [9.17, 15) is 34.2 Å². The normalized spacial score (nSPS) is 17.9. The largest absolute Gasteiger partial charge is 0.508 e. The van der Waals surface area contributed by atoms with Crippen molar-refractivity contribution in [2.75, 3.05) is 12.3 Å². The van der Waals surface area contributed by atoms with Crippen LogP contribution >= 0.6 is 12.6 Å². The average Bonchev–Trinajstić information content (AvgIpc) is 3.27. The molecule has 34 heavy (non-hydrogen) atoms. The zero-order valence-corrected chi connectivity index (χ0v) is 19.2. The van der Waals surface area contributed by atoms with Crippen molar-refractivity contribution in [3.8, 4) is 5.75 Å². The molecule has 1 saturated heterocycles. The van der Waals surface area contributed by atoms with Gasteiger partial charge in [0.25, 0.3) is 0 Å². The number of rotatable bonds is 11. The number of carbonyl (C=O) groups is 5. The van der Waals surface area contributed by atoms with Crippen molar-refractivity contribution < 1.29 is 34.2 Å². The van der Waals surface area contributed by atoms with Crippen LogP contribution in [-0.2, 0) is 30.4 Å². The molecule has 2 rings (SSSR count). The maximum Gasteiger partial charge on any atom is 0.327 e. The second kappa shape index (κ2) is 12.2. The number of hydrogen-bond acceptors (Lipinski definition) is 8. The average molecular weight is 496 g/mol. The highest BCUT2D eigenvalue weighted by Crippen LogP contribution is 2.21. The minimum absolute atomic E-state index is 0.0209. The Morgan fingerprint density at radius 2 is 1.76 bits per heavy atom. The molecule has 13 heteroatoms. The molecule has 1 aliphatic heterocycles. The number of likely N-dealkylation sites (tertiary alicyclic amines) is 1. The van der Waals surface area contributed by atoms with Crippen molar-refractivity contribution in [1.29, 1.82) is 0 Å². The lowest BCUT2D eigenvalue weighted by Gasteiger charge is -2.30. The van der Waals surface area contributed by atoms with E-state index in [2.05, 4.69) is 23.3 Å². The Hall–Kier alpha value is -3.32. The quantitative estimate of drug-likeness (QED) is 0.172.